The van der Waals surface area contributed by atoms with Gasteiger partial charge in [0.2, 0.25) is 11.8 Å². The molecule has 11 nitrogen and oxygen atoms in total. The number of phenols is 1. The Kier molecular flexibility index (Phi) is 8.02. The number of benzene rings is 3. The lowest BCUT2D eigenvalue weighted by Gasteiger charge is -2.55. The van der Waals surface area contributed by atoms with Gasteiger partial charge >= 0.3 is 12.3 Å². The number of para-hydroxylation sites is 1. The van der Waals surface area contributed by atoms with E-state index >= 15 is 0 Å². The monoisotopic (exact) mass is 619 g/mol. The molecule has 0 spiro atoms. The quantitative estimate of drug-likeness (QED) is 0.372. The first-order valence-corrected chi connectivity index (χ1v) is 14.4. The first-order valence-electron chi connectivity index (χ1n) is 14.4. The van der Waals surface area contributed by atoms with Crippen molar-refractivity contribution in [2.45, 2.75) is 38.0 Å². The summed E-state index contributed by atoms with van der Waals surface area (Å²) >= 11 is 0. The lowest BCUT2D eigenvalue weighted by Crippen LogP contribution is -2.76. The van der Waals surface area contributed by atoms with E-state index < -0.39 is 30.4 Å². The van der Waals surface area contributed by atoms with Crippen molar-refractivity contribution in [2.24, 2.45) is 0 Å². The summed E-state index contributed by atoms with van der Waals surface area (Å²) in [6, 6.07) is 18.5. The highest BCUT2D eigenvalue weighted by molar-refractivity contribution is 5.91. The van der Waals surface area contributed by atoms with Gasteiger partial charge in [-0.3, -0.25) is 9.59 Å². The number of hydrogen-bond donors (Lipinski definition) is 2. The summed E-state index contributed by atoms with van der Waals surface area (Å²) in [5.74, 6) is -1.09. The first-order chi connectivity index (χ1) is 21.6. The lowest BCUT2D eigenvalue weighted by molar-refractivity contribution is -0.287. The highest BCUT2D eigenvalue weighted by Gasteiger charge is 2.52. The van der Waals surface area contributed by atoms with E-state index in [0.29, 0.717) is 5.56 Å². The fraction of sp³-hybridized carbons (Fsp3) is 0.281. The predicted molar refractivity (Wildman–Crippen MR) is 157 cm³/mol. The van der Waals surface area contributed by atoms with Crippen LogP contribution in [0.25, 0.3) is 0 Å². The van der Waals surface area contributed by atoms with Crippen LogP contribution in [0.1, 0.15) is 16.7 Å². The summed E-state index contributed by atoms with van der Waals surface area (Å²) < 4.78 is 37.3. The Hall–Kier alpha value is -5.17. The second-order valence-electron chi connectivity index (χ2n) is 10.9. The van der Waals surface area contributed by atoms with E-state index in [0.717, 1.165) is 5.56 Å². The number of nitrogens with zero attached hydrogens (tertiary/aromatic N) is 4. The van der Waals surface area contributed by atoms with Crippen LogP contribution in [0.3, 0.4) is 0 Å². The van der Waals surface area contributed by atoms with E-state index in [4.69, 9.17) is 4.74 Å². The first kappa shape index (κ1) is 29.9. The van der Waals surface area contributed by atoms with Crippen molar-refractivity contribution in [3.63, 3.8) is 0 Å². The number of carbonyl (C=O) groups excluding carboxylic acids is 3. The number of nitrogens with one attached hydrogen (secondary N) is 1. The second-order valence-corrected chi connectivity index (χ2v) is 10.9. The highest BCUT2D eigenvalue weighted by Crippen LogP contribution is 2.44. The molecule has 2 saturated heterocycles. The fourth-order valence-electron chi connectivity index (χ4n) is 5.91. The smallest absolute Gasteiger partial charge is 0.508 e. The molecule has 3 heterocycles. The van der Waals surface area contributed by atoms with Crippen LogP contribution in [0.2, 0.25) is 0 Å². The molecule has 3 aliphatic rings. The average Bonchev–Trinajstić information content (AvgIpc) is 3.34. The van der Waals surface area contributed by atoms with Crippen LogP contribution in [-0.2, 0) is 29.1 Å². The van der Waals surface area contributed by atoms with Gasteiger partial charge in [0, 0.05) is 31.6 Å². The van der Waals surface area contributed by atoms with Gasteiger partial charge in [-0.2, -0.15) is 0 Å². The van der Waals surface area contributed by atoms with Crippen molar-refractivity contribution < 1.29 is 37.7 Å². The molecule has 3 aliphatic heterocycles. The molecule has 2 N–H and O–H groups in total. The average molecular weight is 620 g/mol. The maximum atomic E-state index is 14.1. The van der Waals surface area contributed by atoms with E-state index in [-0.39, 0.29) is 67.9 Å². The Bertz CT molecular complexity index is 1610. The van der Waals surface area contributed by atoms with E-state index in [1.54, 1.807) is 29.3 Å². The summed E-state index contributed by atoms with van der Waals surface area (Å²) in [4.78, 5) is 44.6. The van der Waals surface area contributed by atoms with Crippen LogP contribution in [0.15, 0.2) is 85.5 Å². The molecule has 0 bridgehead atoms. The molecule has 13 heteroatoms. The molecule has 3 aromatic carbocycles. The zero-order valence-corrected chi connectivity index (χ0v) is 24.1. The highest BCUT2D eigenvalue weighted by atomic mass is 19.3. The third kappa shape index (κ3) is 6.11. The number of alkyl halides is 2. The van der Waals surface area contributed by atoms with Crippen molar-refractivity contribution in [1.29, 1.82) is 0 Å². The molecule has 0 aliphatic carbocycles. The molecule has 2 fully saturated rings. The standard InChI is InChI=1S/C32H31F2N5O6/c1-2-15-37-20-28(41)38-25(16-21-11-13-24(40)14-12-21)30(42)36(18-23-9-6-10-26-29(23)45-32(33,34)44-26)19-27(38)39(37)31(43)35-17-22-7-4-3-5-8-22/h2-14,25,27,40H,1,15-20H2,(H,35,43)/t25-,27-/m0/s1. The normalized spacial score (nSPS) is 20.6. The molecule has 45 heavy (non-hydrogen) atoms. The summed E-state index contributed by atoms with van der Waals surface area (Å²) in [6.07, 6.45) is -3.12. The number of hydrazine groups is 1. The van der Waals surface area contributed by atoms with Gasteiger partial charge in [0.05, 0.1) is 13.1 Å². The summed E-state index contributed by atoms with van der Waals surface area (Å²) in [5, 5.41) is 15.7. The molecular weight excluding hydrogens is 588 g/mol. The number of amides is 4. The number of halogens is 2. The van der Waals surface area contributed by atoms with Crippen LogP contribution in [-0.4, -0.2) is 80.9 Å². The Balaban J connectivity index is 1.35. The van der Waals surface area contributed by atoms with Gasteiger partial charge in [0.15, 0.2) is 11.5 Å². The Morgan fingerprint density at radius 3 is 2.51 bits per heavy atom. The molecule has 234 valence electrons. The minimum absolute atomic E-state index is 0.0422. The minimum Gasteiger partial charge on any atom is -0.508 e. The number of phenolic OH excluding ortho intramolecular Hbond substituents is 1. The fourth-order valence-corrected chi connectivity index (χ4v) is 5.91. The minimum atomic E-state index is -3.85. The van der Waals surface area contributed by atoms with E-state index in [2.05, 4.69) is 16.6 Å². The Labute approximate surface area is 257 Å². The number of hydrogen-bond acceptors (Lipinski definition) is 7. The number of fused-ring (bicyclic) bond motifs is 2. The number of urea groups is 1. The third-order valence-electron chi connectivity index (χ3n) is 7.90. The van der Waals surface area contributed by atoms with Crippen molar-refractivity contribution in [3.8, 4) is 17.2 Å². The lowest BCUT2D eigenvalue weighted by atomic mass is 9.98. The predicted octanol–water partition coefficient (Wildman–Crippen LogP) is 3.45. The van der Waals surface area contributed by atoms with E-state index in [1.807, 2.05) is 30.3 Å². The number of aromatic hydroxyl groups is 1. The van der Waals surface area contributed by atoms with E-state index in [9.17, 15) is 28.3 Å². The number of piperazine rings is 1. The molecule has 4 amide bonds. The SMILES string of the molecule is C=CCN1CC(=O)N2[C@@H](Cc3ccc(O)cc3)C(=O)N(Cc3cccc4c3OC(F)(F)O4)C[C@@H]2N1C(=O)NCc1ccccc1. The molecule has 0 saturated carbocycles. The van der Waals surface area contributed by atoms with Gasteiger partial charge in [-0.05, 0) is 29.3 Å². The van der Waals surface area contributed by atoms with Gasteiger partial charge < -0.3 is 29.7 Å². The molecule has 2 atom stereocenters. The van der Waals surface area contributed by atoms with Crippen LogP contribution in [0.4, 0.5) is 13.6 Å². The van der Waals surface area contributed by atoms with Gasteiger partial charge in [0.1, 0.15) is 18.0 Å². The van der Waals surface area contributed by atoms with Gasteiger partial charge in [-0.15, -0.1) is 15.4 Å². The number of ether oxygens (including phenoxy) is 2. The summed E-state index contributed by atoms with van der Waals surface area (Å²) in [5.41, 5.74) is 1.82. The third-order valence-corrected chi connectivity index (χ3v) is 7.90. The van der Waals surface area contributed by atoms with Crippen molar-refractivity contribution in [1.82, 2.24) is 25.1 Å². The zero-order chi connectivity index (χ0) is 31.7. The zero-order valence-electron chi connectivity index (χ0n) is 24.1. The van der Waals surface area contributed by atoms with Crippen molar-refractivity contribution in [3.05, 3.63) is 102 Å². The van der Waals surface area contributed by atoms with Crippen LogP contribution in [0.5, 0.6) is 17.2 Å². The number of carbonyl (C=O) groups is 3. The second kappa shape index (κ2) is 12.1. The molecule has 0 unspecified atom stereocenters. The van der Waals surface area contributed by atoms with Gasteiger partial charge in [-0.1, -0.05) is 60.7 Å². The van der Waals surface area contributed by atoms with E-state index in [1.165, 1.54) is 39.1 Å². The van der Waals surface area contributed by atoms with Crippen LogP contribution in [0, 0.1) is 0 Å². The van der Waals surface area contributed by atoms with Crippen LogP contribution >= 0.6 is 0 Å². The molecule has 3 aromatic rings. The topological polar surface area (TPSA) is 115 Å². The Morgan fingerprint density at radius 1 is 1.02 bits per heavy atom. The number of rotatable bonds is 8. The van der Waals surface area contributed by atoms with Gasteiger partial charge in [-0.25, -0.2) is 14.8 Å². The molecule has 0 aromatic heterocycles. The van der Waals surface area contributed by atoms with Gasteiger partial charge in [0.25, 0.3) is 0 Å². The largest absolute Gasteiger partial charge is 0.586 e. The van der Waals surface area contributed by atoms with Crippen molar-refractivity contribution in [2.75, 3.05) is 19.6 Å². The Morgan fingerprint density at radius 2 is 1.78 bits per heavy atom. The molecule has 6 rings (SSSR count). The van der Waals surface area contributed by atoms with Crippen molar-refractivity contribution >= 4 is 17.8 Å². The summed E-state index contributed by atoms with van der Waals surface area (Å²) in [6.45, 7) is 3.75. The van der Waals surface area contributed by atoms with Crippen LogP contribution < -0.4 is 14.8 Å². The summed E-state index contributed by atoms with van der Waals surface area (Å²) in [7, 11) is 0. The molecular formula is C32H31F2N5O6. The molecule has 0 radical (unpaired) electrons. The maximum Gasteiger partial charge on any atom is 0.586 e. The maximum absolute atomic E-state index is 14.1.